The summed E-state index contributed by atoms with van der Waals surface area (Å²) in [6.45, 7) is 1.69. The average Bonchev–Trinajstić information content (AvgIpc) is 3.31. The molecule has 0 unspecified atom stereocenters. The first-order chi connectivity index (χ1) is 17.0. The zero-order valence-electron chi connectivity index (χ0n) is 19.3. The van der Waals surface area contributed by atoms with Crippen molar-refractivity contribution in [3.8, 4) is 0 Å². The van der Waals surface area contributed by atoms with Crippen molar-refractivity contribution < 1.29 is 18.4 Å². The minimum Gasteiger partial charge on any atom is -0.328 e. The molecular formula is C26H28N4O4S. The Bertz CT molecular complexity index is 1400. The summed E-state index contributed by atoms with van der Waals surface area (Å²) in [6, 6.07) is 12.8. The maximum Gasteiger partial charge on any atom is 0.270 e. The first-order valence-electron chi connectivity index (χ1n) is 11.8. The smallest absolute Gasteiger partial charge is 0.270 e. The second-order valence-electron chi connectivity index (χ2n) is 9.07. The van der Waals surface area contributed by atoms with Gasteiger partial charge in [-0.05, 0) is 61.4 Å². The Morgan fingerprint density at radius 2 is 1.86 bits per heavy atom. The van der Waals surface area contributed by atoms with Crippen molar-refractivity contribution in [3.63, 3.8) is 0 Å². The van der Waals surface area contributed by atoms with E-state index in [0.717, 1.165) is 35.9 Å². The number of allylic oxidation sites excluding steroid dienone is 3. The number of carbonyl (C=O) groups is 1. The standard InChI is InChI=1S/C26H28N4O4S/c31-26(28-32)21-8-6-19(7-9-21)18-29-13-10-22-16-23(17-27-25(22)29)20-11-14-30(15-12-20)35(33,34)24-4-2-1-3-5-24/h1-6,8,10,13,16-17,20,32H,7,9,11-12,14-15,18H2,(H,28,31). The maximum absolute atomic E-state index is 12.9. The number of fused-ring (bicyclic) bond motifs is 1. The van der Waals surface area contributed by atoms with Gasteiger partial charge < -0.3 is 4.57 Å². The van der Waals surface area contributed by atoms with Crippen LogP contribution in [0.2, 0.25) is 0 Å². The normalized spacial score (nSPS) is 17.7. The molecule has 0 radical (unpaired) electrons. The highest BCUT2D eigenvalue weighted by atomic mass is 32.2. The highest BCUT2D eigenvalue weighted by Crippen LogP contribution is 2.32. The fourth-order valence-electron chi connectivity index (χ4n) is 4.91. The van der Waals surface area contributed by atoms with Gasteiger partial charge in [-0.2, -0.15) is 4.31 Å². The van der Waals surface area contributed by atoms with E-state index in [1.807, 2.05) is 24.5 Å². The third-order valence-corrected chi connectivity index (χ3v) is 8.84. The van der Waals surface area contributed by atoms with Crippen molar-refractivity contribution in [2.24, 2.45) is 0 Å². The van der Waals surface area contributed by atoms with Gasteiger partial charge in [0.15, 0.2) is 0 Å². The number of hydroxylamine groups is 1. The van der Waals surface area contributed by atoms with Crippen LogP contribution in [0.15, 0.2) is 83.1 Å². The van der Waals surface area contributed by atoms with Crippen molar-refractivity contribution >= 4 is 27.0 Å². The third kappa shape index (κ3) is 4.80. The third-order valence-electron chi connectivity index (χ3n) is 6.93. The SMILES string of the molecule is O=C(NO)C1=CC=C(Cn2ccc3cc(C4CCN(S(=O)(=O)c5ccccc5)CC4)cnc32)CC1. The monoisotopic (exact) mass is 492 g/mol. The van der Waals surface area contributed by atoms with E-state index in [1.165, 1.54) is 5.57 Å². The number of sulfonamides is 1. The first-order valence-corrected chi connectivity index (χ1v) is 13.2. The molecule has 1 aliphatic heterocycles. The second-order valence-corrected chi connectivity index (χ2v) is 11.0. The van der Waals surface area contributed by atoms with Crippen LogP contribution in [-0.2, 0) is 21.4 Å². The van der Waals surface area contributed by atoms with Crippen molar-refractivity contribution in [2.75, 3.05) is 13.1 Å². The number of pyridine rings is 1. The molecular weight excluding hydrogens is 464 g/mol. The molecule has 1 saturated heterocycles. The van der Waals surface area contributed by atoms with Crippen molar-refractivity contribution in [1.29, 1.82) is 0 Å². The van der Waals surface area contributed by atoms with E-state index in [4.69, 9.17) is 10.2 Å². The van der Waals surface area contributed by atoms with Crippen molar-refractivity contribution in [1.82, 2.24) is 19.3 Å². The van der Waals surface area contributed by atoms with E-state index >= 15 is 0 Å². The van der Waals surface area contributed by atoms with Crippen LogP contribution in [0.5, 0.6) is 0 Å². The van der Waals surface area contributed by atoms with Gasteiger partial charge in [-0.15, -0.1) is 0 Å². The molecule has 0 atom stereocenters. The van der Waals surface area contributed by atoms with E-state index in [2.05, 4.69) is 16.7 Å². The van der Waals surface area contributed by atoms with Gasteiger partial charge in [-0.1, -0.05) is 35.9 Å². The summed E-state index contributed by atoms with van der Waals surface area (Å²) in [4.78, 5) is 16.6. The Hall–Kier alpha value is -3.27. The molecule has 2 aliphatic rings. The number of aromatic nitrogens is 2. The summed E-state index contributed by atoms with van der Waals surface area (Å²) in [6.07, 6.45) is 10.5. The Kier molecular flexibility index (Phi) is 6.55. The highest BCUT2D eigenvalue weighted by Gasteiger charge is 2.30. The summed E-state index contributed by atoms with van der Waals surface area (Å²) in [5.41, 5.74) is 5.49. The van der Waals surface area contributed by atoms with Gasteiger partial charge in [0.05, 0.1) is 4.90 Å². The number of nitrogens with one attached hydrogen (secondary N) is 1. The molecule has 35 heavy (non-hydrogen) atoms. The predicted molar refractivity (Wildman–Crippen MR) is 132 cm³/mol. The fraction of sp³-hybridized carbons (Fsp3) is 0.308. The second kappa shape index (κ2) is 9.77. The number of hydrogen-bond donors (Lipinski definition) is 2. The van der Waals surface area contributed by atoms with Gasteiger partial charge in [0.2, 0.25) is 10.0 Å². The molecule has 2 aromatic heterocycles. The van der Waals surface area contributed by atoms with Crippen LogP contribution in [0.25, 0.3) is 11.0 Å². The van der Waals surface area contributed by atoms with Crippen LogP contribution in [-0.4, -0.2) is 46.5 Å². The molecule has 1 amide bonds. The number of carbonyl (C=O) groups excluding carboxylic acids is 1. The predicted octanol–water partition coefficient (Wildman–Crippen LogP) is 3.76. The molecule has 0 bridgehead atoms. The lowest BCUT2D eigenvalue weighted by Gasteiger charge is -2.31. The van der Waals surface area contributed by atoms with Crippen LogP contribution in [0.3, 0.4) is 0 Å². The molecule has 5 rings (SSSR count). The zero-order chi connectivity index (χ0) is 24.4. The molecule has 3 heterocycles. The van der Waals surface area contributed by atoms with Crippen LogP contribution < -0.4 is 5.48 Å². The van der Waals surface area contributed by atoms with Gasteiger partial charge in [-0.25, -0.2) is 18.9 Å². The fourth-order valence-corrected chi connectivity index (χ4v) is 6.40. The van der Waals surface area contributed by atoms with Gasteiger partial charge in [0.1, 0.15) is 5.65 Å². The molecule has 1 aromatic carbocycles. The zero-order valence-corrected chi connectivity index (χ0v) is 20.1. The molecule has 0 saturated carbocycles. The summed E-state index contributed by atoms with van der Waals surface area (Å²) < 4.78 is 29.5. The van der Waals surface area contributed by atoms with Gasteiger partial charge >= 0.3 is 0 Å². The molecule has 0 spiro atoms. The number of benzene rings is 1. The van der Waals surface area contributed by atoms with E-state index in [1.54, 1.807) is 40.1 Å². The van der Waals surface area contributed by atoms with Crippen LogP contribution in [0.4, 0.5) is 0 Å². The van der Waals surface area contributed by atoms with E-state index in [-0.39, 0.29) is 5.92 Å². The molecule has 1 aliphatic carbocycles. The summed E-state index contributed by atoms with van der Waals surface area (Å²) >= 11 is 0. The Balaban J connectivity index is 1.26. The Morgan fingerprint density at radius 1 is 1.09 bits per heavy atom. The molecule has 2 N–H and O–H groups in total. The quantitative estimate of drug-likeness (QED) is 0.403. The summed E-state index contributed by atoms with van der Waals surface area (Å²) in [5.74, 6) is -0.177. The van der Waals surface area contributed by atoms with Crippen molar-refractivity contribution in [2.45, 2.75) is 43.0 Å². The number of piperidine rings is 1. The lowest BCUT2D eigenvalue weighted by Crippen LogP contribution is -2.37. The Morgan fingerprint density at radius 3 is 2.54 bits per heavy atom. The minimum atomic E-state index is -3.45. The van der Waals surface area contributed by atoms with E-state index in [0.29, 0.717) is 36.5 Å². The number of rotatable bonds is 6. The van der Waals surface area contributed by atoms with Crippen LogP contribution >= 0.6 is 0 Å². The first kappa shape index (κ1) is 23.5. The minimum absolute atomic E-state index is 0.278. The molecule has 3 aromatic rings. The average molecular weight is 493 g/mol. The van der Waals surface area contributed by atoms with Gasteiger partial charge in [-0.3, -0.25) is 10.0 Å². The number of nitrogens with zero attached hydrogens (tertiary/aromatic N) is 3. The van der Waals surface area contributed by atoms with Crippen LogP contribution in [0, 0.1) is 0 Å². The molecule has 182 valence electrons. The van der Waals surface area contributed by atoms with Crippen LogP contribution in [0.1, 0.15) is 37.2 Å². The topological polar surface area (TPSA) is 105 Å². The van der Waals surface area contributed by atoms with Crippen molar-refractivity contribution in [3.05, 3.63) is 83.7 Å². The highest BCUT2D eigenvalue weighted by molar-refractivity contribution is 7.89. The number of hydrogen-bond acceptors (Lipinski definition) is 5. The maximum atomic E-state index is 12.9. The van der Waals surface area contributed by atoms with E-state index < -0.39 is 15.9 Å². The Labute approximate surface area is 204 Å². The van der Waals surface area contributed by atoms with Gasteiger partial charge in [0.25, 0.3) is 5.91 Å². The molecule has 8 nitrogen and oxygen atoms in total. The molecule has 9 heteroatoms. The lowest BCUT2D eigenvalue weighted by atomic mass is 9.91. The van der Waals surface area contributed by atoms with E-state index in [9.17, 15) is 13.2 Å². The summed E-state index contributed by atoms with van der Waals surface area (Å²) in [5, 5.41) is 9.85. The summed E-state index contributed by atoms with van der Waals surface area (Å²) in [7, 11) is -3.45. The largest absolute Gasteiger partial charge is 0.328 e. The lowest BCUT2D eigenvalue weighted by molar-refractivity contribution is -0.125. The number of amides is 1. The van der Waals surface area contributed by atoms with Gasteiger partial charge in [0, 0.05) is 43.0 Å². The molecule has 1 fully saturated rings.